The molecule has 1 aromatic carbocycles. The molecular weight excluding hydrogens is 224 g/mol. The lowest BCUT2D eigenvalue weighted by Crippen LogP contribution is -2.42. The van der Waals surface area contributed by atoms with Crippen molar-refractivity contribution in [3.63, 3.8) is 0 Å². The Hall–Kier alpha value is -0.860. The van der Waals surface area contributed by atoms with Gasteiger partial charge in [-0.1, -0.05) is 42.2 Å². The SMILES string of the molecule is COC1(C(O)Cc2cc(C)cc(C)c2)CCCC1. The molecule has 1 aliphatic rings. The van der Waals surface area contributed by atoms with Gasteiger partial charge in [-0.3, -0.25) is 0 Å². The fourth-order valence-corrected chi connectivity index (χ4v) is 3.24. The molecule has 1 aromatic rings. The molecule has 0 radical (unpaired) electrons. The number of hydrogen-bond donors (Lipinski definition) is 1. The van der Waals surface area contributed by atoms with E-state index in [0.717, 1.165) is 25.7 Å². The van der Waals surface area contributed by atoms with Gasteiger partial charge in [0.2, 0.25) is 0 Å². The van der Waals surface area contributed by atoms with E-state index < -0.39 is 6.10 Å². The first-order chi connectivity index (χ1) is 8.55. The van der Waals surface area contributed by atoms with Gasteiger partial charge in [-0.15, -0.1) is 0 Å². The number of aryl methyl sites for hydroxylation is 2. The van der Waals surface area contributed by atoms with Crippen molar-refractivity contribution in [3.8, 4) is 0 Å². The summed E-state index contributed by atoms with van der Waals surface area (Å²) in [6, 6.07) is 6.49. The lowest BCUT2D eigenvalue weighted by molar-refractivity contribution is -0.0971. The van der Waals surface area contributed by atoms with Crippen LogP contribution in [0.1, 0.15) is 42.4 Å². The lowest BCUT2D eigenvalue weighted by Gasteiger charge is -2.33. The third-order valence-electron chi connectivity index (χ3n) is 4.17. The van der Waals surface area contributed by atoms with E-state index in [1.165, 1.54) is 16.7 Å². The third-order valence-corrected chi connectivity index (χ3v) is 4.17. The van der Waals surface area contributed by atoms with E-state index in [4.69, 9.17) is 4.74 Å². The summed E-state index contributed by atoms with van der Waals surface area (Å²) in [5.41, 5.74) is 3.42. The molecule has 18 heavy (non-hydrogen) atoms. The largest absolute Gasteiger partial charge is 0.390 e. The molecule has 2 rings (SSSR count). The highest BCUT2D eigenvalue weighted by molar-refractivity contribution is 5.29. The molecule has 0 aromatic heterocycles. The molecule has 0 amide bonds. The zero-order chi connectivity index (χ0) is 13.2. The lowest BCUT2D eigenvalue weighted by atomic mass is 9.89. The third kappa shape index (κ3) is 2.76. The maximum atomic E-state index is 10.5. The Balaban J connectivity index is 2.12. The first-order valence-corrected chi connectivity index (χ1v) is 6.86. The summed E-state index contributed by atoms with van der Waals surface area (Å²) in [7, 11) is 1.73. The molecule has 1 saturated carbocycles. The van der Waals surface area contributed by atoms with Gasteiger partial charge in [0.1, 0.15) is 0 Å². The van der Waals surface area contributed by atoms with Crippen LogP contribution in [-0.4, -0.2) is 23.9 Å². The number of benzene rings is 1. The van der Waals surface area contributed by atoms with Gasteiger partial charge in [-0.2, -0.15) is 0 Å². The maximum absolute atomic E-state index is 10.5. The normalized spacial score (nSPS) is 20.0. The standard InChI is InChI=1S/C16H24O2/c1-12-8-13(2)10-14(9-12)11-15(17)16(18-3)6-4-5-7-16/h8-10,15,17H,4-7,11H2,1-3H3. The smallest absolute Gasteiger partial charge is 0.0939 e. The molecule has 0 spiro atoms. The van der Waals surface area contributed by atoms with Gasteiger partial charge in [0.05, 0.1) is 11.7 Å². The van der Waals surface area contributed by atoms with E-state index in [2.05, 4.69) is 32.0 Å². The minimum atomic E-state index is -0.397. The van der Waals surface area contributed by atoms with Crippen molar-refractivity contribution in [3.05, 3.63) is 34.9 Å². The second-order valence-corrected chi connectivity index (χ2v) is 5.69. The minimum Gasteiger partial charge on any atom is -0.390 e. The van der Waals surface area contributed by atoms with Crippen LogP contribution in [0.15, 0.2) is 18.2 Å². The number of aliphatic hydroxyl groups excluding tert-OH is 1. The summed E-state index contributed by atoms with van der Waals surface area (Å²) in [6.07, 6.45) is 4.59. The van der Waals surface area contributed by atoms with Gasteiger partial charge in [-0.05, 0) is 32.3 Å². The minimum absolute atomic E-state index is 0.308. The Kier molecular flexibility index (Phi) is 4.08. The van der Waals surface area contributed by atoms with Gasteiger partial charge in [0, 0.05) is 13.5 Å². The summed E-state index contributed by atoms with van der Waals surface area (Å²) in [5.74, 6) is 0. The van der Waals surface area contributed by atoms with E-state index in [-0.39, 0.29) is 5.60 Å². The average molecular weight is 248 g/mol. The Bertz CT molecular complexity index is 385. The van der Waals surface area contributed by atoms with Gasteiger partial charge >= 0.3 is 0 Å². The summed E-state index contributed by atoms with van der Waals surface area (Å²) in [6.45, 7) is 4.20. The quantitative estimate of drug-likeness (QED) is 0.887. The van der Waals surface area contributed by atoms with Crippen LogP contribution in [0, 0.1) is 13.8 Å². The van der Waals surface area contributed by atoms with Crippen LogP contribution in [0.25, 0.3) is 0 Å². The van der Waals surface area contributed by atoms with Crippen LogP contribution in [0.5, 0.6) is 0 Å². The summed E-state index contributed by atoms with van der Waals surface area (Å²) in [4.78, 5) is 0. The second kappa shape index (κ2) is 5.41. The molecule has 100 valence electrons. The van der Waals surface area contributed by atoms with Crippen molar-refractivity contribution >= 4 is 0 Å². The Morgan fingerprint density at radius 1 is 1.17 bits per heavy atom. The summed E-state index contributed by atoms with van der Waals surface area (Å²) >= 11 is 0. The van der Waals surface area contributed by atoms with Crippen molar-refractivity contribution in [1.29, 1.82) is 0 Å². The van der Waals surface area contributed by atoms with Gasteiger partial charge in [-0.25, -0.2) is 0 Å². The molecule has 1 aliphatic carbocycles. The monoisotopic (exact) mass is 248 g/mol. The number of aliphatic hydroxyl groups is 1. The first kappa shape index (κ1) is 13.6. The topological polar surface area (TPSA) is 29.5 Å². The van der Waals surface area contributed by atoms with Crippen LogP contribution in [-0.2, 0) is 11.2 Å². The zero-order valence-electron chi connectivity index (χ0n) is 11.7. The second-order valence-electron chi connectivity index (χ2n) is 5.69. The van der Waals surface area contributed by atoms with Gasteiger partial charge in [0.15, 0.2) is 0 Å². The number of ether oxygens (including phenoxy) is 1. The zero-order valence-corrected chi connectivity index (χ0v) is 11.7. The Labute approximate surface area is 110 Å². The molecular formula is C16H24O2. The van der Waals surface area contributed by atoms with Crippen molar-refractivity contribution in [2.45, 2.75) is 57.7 Å². The molecule has 2 heteroatoms. The summed E-state index contributed by atoms with van der Waals surface area (Å²) < 4.78 is 5.64. The fourth-order valence-electron chi connectivity index (χ4n) is 3.24. The van der Waals surface area contributed by atoms with Crippen molar-refractivity contribution in [2.75, 3.05) is 7.11 Å². The molecule has 1 unspecified atom stereocenters. The van der Waals surface area contributed by atoms with Gasteiger partial charge in [0.25, 0.3) is 0 Å². The number of methoxy groups -OCH3 is 1. The summed E-state index contributed by atoms with van der Waals surface area (Å²) in [5, 5.41) is 10.5. The molecule has 0 saturated heterocycles. The van der Waals surface area contributed by atoms with Crippen LogP contribution >= 0.6 is 0 Å². The van der Waals surface area contributed by atoms with E-state index in [1.54, 1.807) is 7.11 Å². The van der Waals surface area contributed by atoms with Crippen LogP contribution < -0.4 is 0 Å². The molecule has 0 bridgehead atoms. The van der Waals surface area contributed by atoms with Crippen LogP contribution in [0.4, 0.5) is 0 Å². The van der Waals surface area contributed by atoms with E-state index in [1.807, 2.05) is 0 Å². The number of rotatable bonds is 4. The first-order valence-electron chi connectivity index (χ1n) is 6.86. The molecule has 0 heterocycles. The fraction of sp³-hybridized carbons (Fsp3) is 0.625. The molecule has 2 nitrogen and oxygen atoms in total. The molecule has 0 aliphatic heterocycles. The highest BCUT2D eigenvalue weighted by Gasteiger charge is 2.40. The molecule has 1 fully saturated rings. The Morgan fingerprint density at radius 3 is 2.22 bits per heavy atom. The van der Waals surface area contributed by atoms with Crippen LogP contribution in [0.3, 0.4) is 0 Å². The molecule has 1 N–H and O–H groups in total. The maximum Gasteiger partial charge on any atom is 0.0939 e. The van der Waals surface area contributed by atoms with E-state index in [9.17, 15) is 5.11 Å². The average Bonchev–Trinajstić information content (AvgIpc) is 2.77. The number of hydrogen-bond acceptors (Lipinski definition) is 2. The van der Waals surface area contributed by atoms with Crippen molar-refractivity contribution < 1.29 is 9.84 Å². The highest BCUT2D eigenvalue weighted by atomic mass is 16.5. The molecule has 1 atom stereocenters. The van der Waals surface area contributed by atoms with Gasteiger partial charge < -0.3 is 9.84 Å². The van der Waals surface area contributed by atoms with Crippen LogP contribution in [0.2, 0.25) is 0 Å². The Morgan fingerprint density at radius 2 is 1.72 bits per heavy atom. The van der Waals surface area contributed by atoms with Crippen molar-refractivity contribution in [2.24, 2.45) is 0 Å². The van der Waals surface area contributed by atoms with E-state index >= 15 is 0 Å². The highest BCUT2D eigenvalue weighted by Crippen LogP contribution is 2.36. The predicted octanol–water partition coefficient (Wildman–Crippen LogP) is 3.17. The predicted molar refractivity (Wildman–Crippen MR) is 73.8 cm³/mol. The van der Waals surface area contributed by atoms with E-state index in [0.29, 0.717) is 6.42 Å². The van der Waals surface area contributed by atoms with Crippen molar-refractivity contribution in [1.82, 2.24) is 0 Å².